The molecule has 0 aliphatic heterocycles. The summed E-state index contributed by atoms with van der Waals surface area (Å²) in [7, 11) is 0. The fraction of sp³-hybridized carbons (Fsp3) is 0.100. The highest BCUT2D eigenvalue weighted by Gasteiger charge is 2.24. The zero-order chi connectivity index (χ0) is 19.0. The molecule has 0 spiro atoms. The van der Waals surface area contributed by atoms with Crippen molar-refractivity contribution in [3.05, 3.63) is 88.1 Å². The van der Waals surface area contributed by atoms with Crippen LogP contribution >= 0.6 is 0 Å². The van der Waals surface area contributed by atoms with E-state index in [-0.39, 0.29) is 11.5 Å². The molecule has 0 radical (unpaired) electrons. The van der Waals surface area contributed by atoms with Crippen molar-refractivity contribution in [1.82, 2.24) is 19.2 Å². The Labute approximate surface area is 154 Å². The molecule has 0 atom stereocenters. The molecular formula is C20H17N5O2. The van der Waals surface area contributed by atoms with Gasteiger partial charge >= 0.3 is 0 Å². The van der Waals surface area contributed by atoms with E-state index in [0.29, 0.717) is 34.1 Å². The average molecular weight is 359 g/mol. The van der Waals surface area contributed by atoms with E-state index in [9.17, 15) is 9.59 Å². The number of hydrogen-bond acceptors (Lipinski definition) is 4. The van der Waals surface area contributed by atoms with E-state index in [2.05, 4.69) is 15.3 Å². The molecule has 0 saturated carbocycles. The summed E-state index contributed by atoms with van der Waals surface area (Å²) >= 11 is 0. The molecule has 0 saturated heterocycles. The molecule has 0 unspecified atom stereocenters. The lowest BCUT2D eigenvalue weighted by Crippen LogP contribution is -2.24. The number of aryl methyl sites for hydroxylation is 2. The Morgan fingerprint density at radius 1 is 1.04 bits per heavy atom. The van der Waals surface area contributed by atoms with Crippen molar-refractivity contribution >= 4 is 17.4 Å². The minimum atomic E-state index is -0.363. The molecule has 0 aliphatic rings. The lowest BCUT2D eigenvalue weighted by atomic mass is 10.2. The zero-order valence-electron chi connectivity index (χ0n) is 14.9. The van der Waals surface area contributed by atoms with Gasteiger partial charge in [-0.25, -0.2) is 14.6 Å². The Morgan fingerprint density at radius 2 is 1.78 bits per heavy atom. The van der Waals surface area contributed by atoms with E-state index in [1.165, 1.54) is 10.6 Å². The lowest BCUT2D eigenvalue weighted by Gasteiger charge is -2.11. The minimum absolute atomic E-state index is 0.249. The van der Waals surface area contributed by atoms with Crippen LogP contribution in [0.4, 0.5) is 5.82 Å². The van der Waals surface area contributed by atoms with Crippen LogP contribution in [0.2, 0.25) is 0 Å². The third kappa shape index (κ3) is 2.89. The summed E-state index contributed by atoms with van der Waals surface area (Å²) < 4.78 is 3.02. The number of hydrogen-bond donors (Lipinski definition) is 1. The number of fused-ring (bicyclic) bond motifs is 1. The topological polar surface area (TPSA) is 81.3 Å². The van der Waals surface area contributed by atoms with Crippen molar-refractivity contribution in [2.24, 2.45) is 0 Å². The number of anilines is 1. The standard InChI is InChI=1S/C20H17N5O2/c1-13-12-17(26)25-19(22-13)14(2)18(24(25)15-8-4-3-5-9-15)20(27)23-16-10-6-7-11-21-16/h3-12H,1-2H3,(H,21,23,27). The van der Waals surface area contributed by atoms with Gasteiger partial charge in [0.2, 0.25) is 0 Å². The maximum Gasteiger partial charge on any atom is 0.275 e. The van der Waals surface area contributed by atoms with Gasteiger partial charge in [0.25, 0.3) is 11.5 Å². The van der Waals surface area contributed by atoms with E-state index < -0.39 is 0 Å². The Bertz CT molecular complexity index is 1190. The maximum atomic E-state index is 13.1. The van der Waals surface area contributed by atoms with Gasteiger partial charge in [0.15, 0.2) is 5.65 Å². The molecule has 1 N–H and O–H groups in total. The number of pyridine rings is 1. The van der Waals surface area contributed by atoms with Crippen LogP contribution in [0, 0.1) is 13.8 Å². The van der Waals surface area contributed by atoms with Gasteiger partial charge in [-0.3, -0.25) is 9.59 Å². The number of rotatable bonds is 3. The molecule has 3 aromatic heterocycles. The zero-order valence-corrected chi connectivity index (χ0v) is 14.9. The predicted molar refractivity (Wildman–Crippen MR) is 102 cm³/mol. The third-order valence-corrected chi connectivity index (χ3v) is 4.25. The van der Waals surface area contributed by atoms with Gasteiger partial charge in [-0.05, 0) is 38.1 Å². The van der Waals surface area contributed by atoms with E-state index >= 15 is 0 Å². The fourth-order valence-corrected chi connectivity index (χ4v) is 3.08. The SMILES string of the molecule is Cc1cc(=O)n2c(n1)c(C)c(C(=O)Nc1ccccn1)n2-c1ccccc1. The van der Waals surface area contributed by atoms with Crippen LogP contribution in [-0.4, -0.2) is 25.1 Å². The Hall–Kier alpha value is -3.74. The van der Waals surface area contributed by atoms with E-state index in [1.807, 2.05) is 30.3 Å². The minimum Gasteiger partial charge on any atom is -0.305 e. The summed E-state index contributed by atoms with van der Waals surface area (Å²) in [6.45, 7) is 3.54. The Morgan fingerprint density at radius 3 is 2.48 bits per heavy atom. The predicted octanol–water partition coefficient (Wildman–Crippen LogP) is 2.75. The highest BCUT2D eigenvalue weighted by Crippen LogP contribution is 2.21. The van der Waals surface area contributed by atoms with Crippen molar-refractivity contribution < 1.29 is 4.79 Å². The first-order valence-electron chi connectivity index (χ1n) is 8.46. The number of amides is 1. The second-order valence-electron chi connectivity index (χ2n) is 6.16. The molecule has 1 amide bonds. The number of para-hydroxylation sites is 1. The Kier molecular flexibility index (Phi) is 4.04. The highest BCUT2D eigenvalue weighted by atomic mass is 16.2. The van der Waals surface area contributed by atoms with Crippen LogP contribution in [0.5, 0.6) is 0 Å². The highest BCUT2D eigenvalue weighted by molar-refractivity contribution is 6.05. The van der Waals surface area contributed by atoms with Crippen LogP contribution in [0.3, 0.4) is 0 Å². The second kappa shape index (κ2) is 6.53. The van der Waals surface area contributed by atoms with Gasteiger partial charge in [0.05, 0.1) is 5.69 Å². The van der Waals surface area contributed by atoms with Crippen LogP contribution in [0.25, 0.3) is 11.3 Å². The monoisotopic (exact) mass is 359 g/mol. The summed E-state index contributed by atoms with van der Waals surface area (Å²) in [5.74, 6) is 0.0702. The number of nitrogens with zero attached hydrogens (tertiary/aromatic N) is 4. The normalized spacial score (nSPS) is 10.9. The lowest BCUT2D eigenvalue weighted by molar-refractivity contribution is 0.101. The summed E-state index contributed by atoms with van der Waals surface area (Å²) in [6, 6.07) is 16.0. The van der Waals surface area contributed by atoms with E-state index in [0.717, 1.165) is 0 Å². The van der Waals surface area contributed by atoms with Crippen molar-refractivity contribution in [1.29, 1.82) is 0 Å². The summed E-state index contributed by atoms with van der Waals surface area (Å²) in [6.07, 6.45) is 1.60. The van der Waals surface area contributed by atoms with Crippen molar-refractivity contribution in [3.8, 4) is 5.69 Å². The molecule has 0 bridgehead atoms. The van der Waals surface area contributed by atoms with Crippen LogP contribution in [0.1, 0.15) is 21.7 Å². The molecule has 1 aromatic carbocycles. The quantitative estimate of drug-likeness (QED) is 0.610. The summed E-state index contributed by atoms with van der Waals surface area (Å²) in [5, 5.41) is 2.79. The van der Waals surface area contributed by atoms with Crippen molar-refractivity contribution in [3.63, 3.8) is 0 Å². The van der Waals surface area contributed by atoms with Crippen LogP contribution in [0.15, 0.2) is 65.6 Å². The molecule has 7 heteroatoms. The first-order chi connectivity index (χ1) is 13.1. The van der Waals surface area contributed by atoms with Gasteiger partial charge in [0.1, 0.15) is 11.5 Å². The van der Waals surface area contributed by atoms with Crippen LogP contribution < -0.4 is 10.9 Å². The van der Waals surface area contributed by atoms with Gasteiger partial charge < -0.3 is 5.32 Å². The first-order valence-corrected chi connectivity index (χ1v) is 8.46. The number of nitrogens with one attached hydrogen (secondary N) is 1. The number of benzene rings is 1. The summed E-state index contributed by atoms with van der Waals surface area (Å²) in [5.41, 5.74) is 2.45. The van der Waals surface area contributed by atoms with Gasteiger partial charge in [-0.2, -0.15) is 4.52 Å². The maximum absolute atomic E-state index is 13.1. The second-order valence-corrected chi connectivity index (χ2v) is 6.16. The van der Waals surface area contributed by atoms with Gasteiger partial charge in [-0.1, -0.05) is 24.3 Å². The molecule has 134 valence electrons. The van der Waals surface area contributed by atoms with Gasteiger partial charge in [0, 0.05) is 23.5 Å². The van der Waals surface area contributed by atoms with Crippen LogP contribution in [-0.2, 0) is 0 Å². The molecule has 0 aliphatic carbocycles. The molecule has 3 heterocycles. The van der Waals surface area contributed by atoms with Crippen molar-refractivity contribution in [2.75, 3.05) is 5.32 Å². The average Bonchev–Trinajstić information content (AvgIpc) is 2.96. The fourth-order valence-electron chi connectivity index (χ4n) is 3.08. The van der Waals surface area contributed by atoms with Crippen molar-refractivity contribution in [2.45, 2.75) is 13.8 Å². The Balaban J connectivity index is 1.99. The van der Waals surface area contributed by atoms with E-state index in [1.54, 1.807) is 42.9 Å². The molecule has 7 nitrogen and oxygen atoms in total. The number of carbonyl (C=O) groups is 1. The molecule has 4 rings (SSSR count). The molecular weight excluding hydrogens is 342 g/mol. The smallest absolute Gasteiger partial charge is 0.275 e. The third-order valence-electron chi connectivity index (χ3n) is 4.25. The largest absolute Gasteiger partial charge is 0.305 e. The summed E-state index contributed by atoms with van der Waals surface area (Å²) in [4.78, 5) is 34.4. The number of aromatic nitrogens is 4. The number of carbonyl (C=O) groups excluding carboxylic acids is 1. The molecule has 27 heavy (non-hydrogen) atoms. The van der Waals surface area contributed by atoms with Gasteiger partial charge in [-0.15, -0.1) is 0 Å². The molecule has 0 fully saturated rings. The molecule has 4 aromatic rings. The first kappa shape index (κ1) is 16.7. The van der Waals surface area contributed by atoms with E-state index in [4.69, 9.17) is 0 Å².